The summed E-state index contributed by atoms with van der Waals surface area (Å²) in [6, 6.07) is 0.347. The molecule has 5 heteroatoms. The van der Waals surface area contributed by atoms with Gasteiger partial charge in [-0.15, -0.1) is 5.10 Å². The number of nitrogens with zero attached hydrogens (tertiary/aromatic N) is 2. The first-order valence-corrected chi connectivity index (χ1v) is 7.41. The van der Waals surface area contributed by atoms with E-state index in [9.17, 15) is 0 Å². The van der Waals surface area contributed by atoms with Crippen LogP contribution >= 0.6 is 11.5 Å². The summed E-state index contributed by atoms with van der Waals surface area (Å²) < 4.78 is 9.57. The Bertz CT molecular complexity index is 352. The fourth-order valence-electron chi connectivity index (χ4n) is 1.89. The van der Waals surface area contributed by atoms with E-state index >= 15 is 0 Å². The molecule has 1 atom stereocenters. The van der Waals surface area contributed by atoms with Crippen LogP contribution in [0.25, 0.3) is 0 Å². The summed E-state index contributed by atoms with van der Waals surface area (Å²) in [5, 5.41) is 7.73. The monoisotopic (exact) mass is 271 g/mol. The molecule has 1 rings (SSSR count). The second kappa shape index (κ2) is 7.16. The van der Waals surface area contributed by atoms with Crippen LogP contribution in [0.3, 0.4) is 0 Å². The Balaban J connectivity index is 2.71. The van der Waals surface area contributed by atoms with Gasteiger partial charge in [0, 0.05) is 13.2 Å². The number of aryl methyl sites for hydroxylation is 1. The van der Waals surface area contributed by atoms with Crippen molar-refractivity contribution in [1.82, 2.24) is 14.9 Å². The van der Waals surface area contributed by atoms with Crippen LogP contribution < -0.4 is 5.32 Å². The lowest BCUT2D eigenvalue weighted by molar-refractivity contribution is 0.0117. The highest BCUT2D eigenvalue weighted by atomic mass is 32.1. The molecular formula is C13H25N3OS. The van der Waals surface area contributed by atoms with Crippen LogP contribution in [0.15, 0.2) is 0 Å². The highest BCUT2D eigenvalue weighted by Gasteiger charge is 2.22. The van der Waals surface area contributed by atoms with Crippen molar-refractivity contribution in [3.05, 3.63) is 10.6 Å². The molecule has 0 saturated carbocycles. The Labute approximate surface area is 114 Å². The van der Waals surface area contributed by atoms with E-state index in [0.717, 1.165) is 31.5 Å². The van der Waals surface area contributed by atoms with E-state index < -0.39 is 0 Å². The number of nitrogens with one attached hydrogen (secondary N) is 1. The van der Waals surface area contributed by atoms with E-state index in [1.165, 1.54) is 16.4 Å². The lowest BCUT2D eigenvalue weighted by Gasteiger charge is -2.26. The van der Waals surface area contributed by atoms with Gasteiger partial charge in [-0.2, -0.15) is 0 Å². The van der Waals surface area contributed by atoms with Crippen LogP contribution in [0.4, 0.5) is 0 Å². The van der Waals surface area contributed by atoms with Gasteiger partial charge in [-0.3, -0.25) is 0 Å². The zero-order valence-corrected chi connectivity index (χ0v) is 12.9. The summed E-state index contributed by atoms with van der Waals surface area (Å²) in [4.78, 5) is 1.28. The summed E-state index contributed by atoms with van der Waals surface area (Å²) in [5.41, 5.74) is 1.05. The van der Waals surface area contributed by atoms with Crippen LogP contribution in [-0.2, 0) is 11.2 Å². The molecule has 0 fully saturated rings. The summed E-state index contributed by atoms with van der Waals surface area (Å²) >= 11 is 1.52. The summed E-state index contributed by atoms with van der Waals surface area (Å²) in [6.07, 6.45) is 3.01. The first-order chi connectivity index (χ1) is 8.54. The van der Waals surface area contributed by atoms with Crippen molar-refractivity contribution in [3.8, 4) is 0 Å². The Morgan fingerprint density at radius 3 is 2.67 bits per heavy atom. The molecule has 0 saturated heterocycles. The summed E-state index contributed by atoms with van der Waals surface area (Å²) in [7, 11) is 1.77. The first kappa shape index (κ1) is 15.5. The molecule has 0 aliphatic rings. The number of hydrogen-bond donors (Lipinski definition) is 1. The molecule has 0 amide bonds. The average molecular weight is 271 g/mol. The third-order valence-corrected chi connectivity index (χ3v) is 4.15. The van der Waals surface area contributed by atoms with E-state index in [-0.39, 0.29) is 5.60 Å². The highest BCUT2D eigenvalue weighted by Crippen LogP contribution is 2.28. The number of rotatable bonds is 8. The summed E-state index contributed by atoms with van der Waals surface area (Å²) in [5.74, 6) is 0. The topological polar surface area (TPSA) is 47.0 Å². The Kier molecular flexibility index (Phi) is 6.18. The van der Waals surface area contributed by atoms with Gasteiger partial charge in [0.1, 0.15) is 0 Å². The maximum Gasteiger partial charge on any atom is 0.0800 e. The zero-order chi connectivity index (χ0) is 13.6. The van der Waals surface area contributed by atoms with E-state index in [2.05, 4.69) is 42.6 Å². The lowest BCUT2D eigenvalue weighted by atomic mass is 9.97. The largest absolute Gasteiger partial charge is 0.379 e. The number of hydrogen-bond acceptors (Lipinski definition) is 5. The van der Waals surface area contributed by atoms with Crippen LogP contribution in [0, 0.1) is 0 Å². The van der Waals surface area contributed by atoms with Gasteiger partial charge in [-0.1, -0.05) is 18.3 Å². The van der Waals surface area contributed by atoms with E-state index in [1.54, 1.807) is 7.11 Å². The molecule has 1 aromatic rings. The van der Waals surface area contributed by atoms with Crippen LogP contribution in [-0.4, -0.2) is 28.8 Å². The predicted molar refractivity (Wildman–Crippen MR) is 76.0 cm³/mol. The van der Waals surface area contributed by atoms with Crippen molar-refractivity contribution in [2.45, 2.75) is 58.6 Å². The molecule has 0 spiro atoms. The minimum absolute atomic E-state index is 0.0713. The van der Waals surface area contributed by atoms with Gasteiger partial charge in [-0.05, 0) is 51.2 Å². The van der Waals surface area contributed by atoms with Gasteiger partial charge in [0.2, 0.25) is 0 Å². The smallest absolute Gasteiger partial charge is 0.0800 e. The quantitative estimate of drug-likeness (QED) is 0.789. The molecule has 0 aliphatic carbocycles. The molecule has 1 heterocycles. The van der Waals surface area contributed by atoms with Crippen molar-refractivity contribution in [3.63, 3.8) is 0 Å². The molecule has 104 valence electrons. The molecule has 0 aliphatic heterocycles. The molecule has 0 bridgehead atoms. The Hall–Kier alpha value is -0.520. The normalized spacial score (nSPS) is 13.8. The minimum Gasteiger partial charge on any atom is -0.379 e. The fraction of sp³-hybridized carbons (Fsp3) is 0.846. The number of methoxy groups -OCH3 is 1. The maximum absolute atomic E-state index is 5.48. The highest BCUT2D eigenvalue weighted by molar-refractivity contribution is 7.05. The molecule has 1 N–H and O–H groups in total. The second-order valence-electron chi connectivity index (χ2n) is 5.05. The van der Waals surface area contributed by atoms with E-state index in [0.29, 0.717) is 6.04 Å². The number of aromatic nitrogens is 2. The van der Waals surface area contributed by atoms with Gasteiger partial charge in [0.05, 0.1) is 16.2 Å². The third kappa shape index (κ3) is 4.30. The van der Waals surface area contributed by atoms with Crippen LogP contribution in [0.5, 0.6) is 0 Å². The predicted octanol–water partition coefficient (Wildman–Crippen LogP) is 2.96. The van der Waals surface area contributed by atoms with Gasteiger partial charge in [-0.25, -0.2) is 0 Å². The Morgan fingerprint density at radius 1 is 1.39 bits per heavy atom. The Morgan fingerprint density at radius 2 is 2.11 bits per heavy atom. The molecule has 0 aromatic carbocycles. The van der Waals surface area contributed by atoms with Crippen molar-refractivity contribution in [1.29, 1.82) is 0 Å². The molecule has 4 nitrogen and oxygen atoms in total. The SMILES string of the molecule is CCNC(CCC(C)(C)OC)c1snnc1CC. The van der Waals surface area contributed by atoms with E-state index in [1.807, 2.05) is 0 Å². The molecule has 1 aromatic heterocycles. The maximum atomic E-state index is 5.48. The van der Waals surface area contributed by atoms with Crippen LogP contribution in [0.1, 0.15) is 57.1 Å². The van der Waals surface area contributed by atoms with Crippen molar-refractivity contribution in [2.75, 3.05) is 13.7 Å². The molecular weight excluding hydrogens is 246 g/mol. The molecule has 0 radical (unpaired) electrons. The fourth-order valence-corrected chi connectivity index (χ4v) is 2.74. The van der Waals surface area contributed by atoms with Crippen molar-refractivity contribution < 1.29 is 4.74 Å². The van der Waals surface area contributed by atoms with Crippen molar-refractivity contribution in [2.24, 2.45) is 0 Å². The molecule has 1 unspecified atom stereocenters. The molecule has 18 heavy (non-hydrogen) atoms. The summed E-state index contributed by atoms with van der Waals surface area (Å²) in [6.45, 7) is 9.47. The van der Waals surface area contributed by atoms with Gasteiger partial charge >= 0.3 is 0 Å². The van der Waals surface area contributed by atoms with E-state index in [4.69, 9.17) is 4.74 Å². The number of ether oxygens (including phenoxy) is 1. The minimum atomic E-state index is -0.0713. The zero-order valence-electron chi connectivity index (χ0n) is 12.1. The standard InChI is InChI=1S/C13H25N3OS/c1-6-10-12(18-16-15-10)11(14-7-2)8-9-13(3,4)17-5/h11,14H,6-9H2,1-5H3. The first-order valence-electron chi connectivity index (χ1n) is 6.63. The van der Waals surface area contributed by atoms with Crippen molar-refractivity contribution >= 4 is 11.5 Å². The van der Waals surface area contributed by atoms with Crippen LogP contribution in [0.2, 0.25) is 0 Å². The van der Waals surface area contributed by atoms with Gasteiger partial charge in [0.15, 0.2) is 0 Å². The second-order valence-corrected chi connectivity index (χ2v) is 5.84. The van der Waals surface area contributed by atoms with Gasteiger partial charge in [0.25, 0.3) is 0 Å². The lowest BCUT2D eigenvalue weighted by Crippen LogP contribution is -2.27. The average Bonchev–Trinajstić information content (AvgIpc) is 2.82. The van der Waals surface area contributed by atoms with Gasteiger partial charge < -0.3 is 10.1 Å². The third-order valence-electron chi connectivity index (χ3n) is 3.27.